The first kappa shape index (κ1) is 13.6. The summed E-state index contributed by atoms with van der Waals surface area (Å²) in [6.45, 7) is 3.60. The number of hydrogen-bond acceptors (Lipinski definition) is 3. The van der Waals surface area contributed by atoms with Crippen molar-refractivity contribution in [1.29, 1.82) is 0 Å². The Kier molecular flexibility index (Phi) is 4.57. The van der Waals surface area contributed by atoms with Crippen molar-refractivity contribution >= 4 is 5.97 Å². The third kappa shape index (κ3) is 3.49. The molecule has 94 valence electrons. The Morgan fingerprint density at radius 1 is 1.35 bits per heavy atom. The first-order valence-corrected chi connectivity index (χ1v) is 5.24. The number of esters is 1. The summed E-state index contributed by atoms with van der Waals surface area (Å²) in [4.78, 5) is 11.5. The molecule has 3 nitrogen and oxygen atoms in total. The van der Waals surface area contributed by atoms with Crippen molar-refractivity contribution in [3.8, 4) is 0 Å². The van der Waals surface area contributed by atoms with Crippen LogP contribution in [0.25, 0.3) is 0 Å². The fourth-order valence-electron chi connectivity index (χ4n) is 1.47. The van der Waals surface area contributed by atoms with Gasteiger partial charge >= 0.3 is 5.97 Å². The van der Waals surface area contributed by atoms with E-state index in [9.17, 15) is 13.6 Å². The topological polar surface area (TPSA) is 38.3 Å². The zero-order chi connectivity index (χ0) is 13.0. The van der Waals surface area contributed by atoms with E-state index in [1.165, 1.54) is 7.11 Å². The molecule has 0 saturated heterocycles. The zero-order valence-corrected chi connectivity index (χ0v) is 9.96. The van der Waals surface area contributed by atoms with Gasteiger partial charge in [-0.3, -0.25) is 5.32 Å². The number of carbonyl (C=O) groups is 1. The molecule has 0 heterocycles. The van der Waals surface area contributed by atoms with Crippen LogP contribution in [0.5, 0.6) is 0 Å². The van der Waals surface area contributed by atoms with Crippen molar-refractivity contribution < 1.29 is 18.3 Å². The Hall–Kier alpha value is -1.49. The van der Waals surface area contributed by atoms with E-state index in [0.717, 1.165) is 18.2 Å². The molecule has 17 heavy (non-hydrogen) atoms. The van der Waals surface area contributed by atoms with Gasteiger partial charge in [0.1, 0.15) is 17.7 Å². The molecule has 1 atom stereocenters. The van der Waals surface area contributed by atoms with Gasteiger partial charge in [-0.15, -0.1) is 0 Å². The smallest absolute Gasteiger partial charge is 0.327 e. The molecule has 1 rings (SSSR count). The lowest BCUT2D eigenvalue weighted by atomic mass is 10.1. The van der Waals surface area contributed by atoms with Gasteiger partial charge in [0.15, 0.2) is 0 Å². The van der Waals surface area contributed by atoms with Gasteiger partial charge in [0.2, 0.25) is 0 Å². The maximum absolute atomic E-state index is 13.6. The lowest BCUT2D eigenvalue weighted by Gasteiger charge is -2.19. The van der Waals surface area contributed by atoms with Gasteiger partial charge in [-0.25, -0.2) is 13.6 Å². The van der Waals surface area contributed by atoms with Gasteiger partial charge in [-0.2, -0.15) is 0 Å². The van der Waals surface area contributed by atoms with Crippen LogP contribution in [0.3, 0.4) is 0 Å². The fourth-order valence-corrected chi connectivity index (χ4v) is 1.47. The van der Waals surface area contributed by atoms with E-state index in [1.54, 1.807) is 13.8 Å². The second-order valence-electron chi connectivity index (χ2n) is 3.94. The highest BCUT2D eigenvalue weighted by atomic mass is 19.1. The highest BCUT2D eigenvalue weighted by Crippen LogP contribution is 2.20. The number of halogens is 2. The minimum atomic E-state index is -1.00. The van der Waals surface area contributed by atoms with Crippen molar-refractivity contribution in [2.75, 3.05) is 7.11 Å². The van der Waals surface area contributed by atoms with Gasteiger partial charge in [0, 0.05) is 11.6 Å². The first-order chi connectivity index (χ1) is 7.95. The fraction of sp³-hybridized carbons (Fsp3) is 0.417. The van der Waals surface area contributed by atoms with Crippen LogP contribution < -0.4 is 5.32 Å². The van der Waals surface area contributed by atoms with Crippen molar-refractivity contribution in [1.82, 2.24) is 5.32 Å². The molecule has 1 aromatic rings. The molecule has 0 aliphatic rings. The summed E-state index contributed by atoms with van der Waals surface area (Å²) in [6.07, 6.45) is 0. The van der Waals surface area contributed by atoms with Crippen LogP contribution in [-0.2, 0) is 9.53 Å². The molecule has 1 N–H and O–H groups in total. The monoisotopic (exact) mass is 243 g/mol. The van der Waals surface area contributed by atoms with Crippen LogP contribution in [0, 0.1) is 11.6 Å². The van der Waals surface area contributed by atoms with E-state index in [-0.39, 0.29) is 11.6 Å². The summed E-state index contributed by atoms with van der Waals surface area (Å²) >= 11 is 0. The van der Waals surface area contributed by atoms with Gasteiger partial charge in [0.25, 0.3) is 0 Å². The van der Waals surface area contributed by atoms with E-state index in [0.29, 0.717) is 0 Å². The summed E-state index contributed by atoms with van der Waals surface area (Å²) < 4.78 is 31.2. The highest BCUT2D eigenvalue weighted by molar-refractivity contribution is 5.77. The van der Waals surface area contributed by atoms with E-state index in [1.807, 2.05) is 0 Å². The molecule has 0 aliphatic heterocycles. The Labute approximate surface area is 98.8 Å². The summed E-state index contributed by atoms with van der Waals surface area (Å²) in [5.74, 6) is -1.89. The van der Waals surface area contributed by atoms with Gasteiger partial charge in [0.05, 0.1) is 7.11 Å². The van der Waals surface area contributed by atoms with Gasteiger partial charge in [-0.05, 0) is 32.0 Å². The number of methoxy groups -OCH3 is 1. The van der Waals surface area contributed by atoms with Crippen LogP contribution in [0.15, 0.2) is 18.2 Å². The molecule has 0 saturated carbocycles. The molecule has 0 fully saturated rings. The molecule has 0 radical (unpaired) electrons. The van der Waals surface area contributed by atoms with Gasteiger partial charge in [-0.1, -0.05) is 0 Å². The van der Waals surface area contributed by atoms with Crippen molar-refractivity contribution in [2.45, 2.75) is 25.9 Å². The molecule has 1 aromatic carbocycles. The predicted molar refractivity (Wildman–Crippen MR) is 59.4 cm³/mol. The highest BCUT2D eigenvalue weighted by Gasteiger charge is 2.25. The number of carbonyl (C=O) groups excluding carboxylic acids is 1. The molecule has 0 amide bonds. The van der Waals surface area contributed by atoms with E-state index < -0.39 is 23.6 Å². The number of hydrogen-bond donors (Lipinski definition) is 1. The summed E-state index contributed by atoms with van der Waals surface area (Å²) in [7, 11) is 1.20. The third-order valence-corrected chi connectivity index (χ3v) is 2.21. The molecule has 1 unspecified atom stereocenters. The number of rotatable bonds is 4. The second kappa shape index (κ2) is 5.72. The standard InChI is InChI=1S/C12H15F2NO2/c1-7(2)15-11(12(16)17-3)9-6-8(13)4-5-10(9)14/h4-7,11,15H,1-3H3. The third-order valence-electron chi connectivity index (χ3n) is 2.21. The molecule has 0 aliphatic carbocycles. The quantitative estimate of drug-likeness (QED) is 0.824. The molecule has 5 heteroatoms. The molecule has 0 aromatic heterocycles. The summed E-state index contributed by atoms with van der Waals surface area (Å²) in [5.41, 5.74) is -0.0504. The Bertz CT molecular complexity index is 407. The Morgan fingerprint density at radius 2 is 2.00 bits per heavy atom. The van der Waals surface area contributed by atoms with Crippen LogP contribution >= 0.6 is 0 Å². The zero-order valence-electron chi connectivity index (χ0n) is 9.96. The predicted octanol–water partition coefficient (Wildman–Crippen LogP) is 2.18. The van der Waals surface area contributed by atoms with Crippen molar-refractivity contribution in [3.63, 3.8) is 0 Å². The molecular formula is C12H15F2NO2. The second-order valence-corrected chi connectivity index (χ2v) is 3.94. The van der Waals surface area contributed by atoms with Crippen LogP contribution in [0.4, 0.5) is 8.78 Å². The average Bonchev–Trinajstić information content (AvgIpc) is 2.28. The van der Waals surface area contributed by atoms with E-state index >= 15 is 0 Å². The SMILES string of the molecule is COC(=O)C(NC(C)C)c1cc(F)ccc1F. The Balaban J connectivity index is 3.11. The number of ether oxygens (including phenoxy) is 1. The normalized spacial score (nSPS) is 12.6. The van der Waals surface area contributed by atoms with Crippen LogP contribution in [-0.4, -0.2) is 19.1 Å². The van der Waals surface area contributed by atoms with Crippen molar-refractivity contribution in [3.05, 3.63) is 35.4 Å². The van der Waals surface area contributed by atoms with E-state index in [4.69, 9.17) is 0 Å². The van der Waals surface area contributed by atoms with Crippen LogP contribution in [0.1, 0.15) is 25.5 Å². The number of nitrogens with one attached hydrogen (secondary N) is 1. The van der Waals surface area contributed by atoms with Crippen LogP contribution in [0.2, 0.25) is 0 Å². The number of benzene rings is 1. The largest absolute Gasteiger partial charge is 0.468 e. The lowest BCUT2D eigenvalue weighted by molar-refractivity contribution is -0.143. The lowest BCUT2D eigenvalue weighted by Crippen LogP contribution is -2.35. The van der Waals surface area contributed by atoms with Gasteiger partial charge < -0.3 is 4.74 Å². The average molecular weight is 243 g/mol. The Morgan fingerprint density at radius 3 is 2.53 bits per heavy atom. The summed E-state index contributed by atoms with van der Waals surface area (Å²) in [5, 5.41) is 2.83. The maximum Gasteiger partial charge on any atom is 0.327 e. The van der Waals surface area contributed by atoms with E-state index in [2.05, 4.69) is 10.1 Å². The van der Waals surface area contributed by atoms with Crippen molar-refractivity contribution in [2.24, 2.45) is 0 Å². The molecular weight excluding hydrogens is 228 g/mol. The minimum absolute atomic E-state index is 0.0504. The maximum atomic E-state index is 13.6. The molecule has 0 bridgehead atoms. The first-order valence-electron chi connectivity index (χ1n) is 5.24. The summed E-state index contributed by atoms with van der Waals surface area (Å²) in [6, 6.07) is 1.91. The molecule has 0 spiro atoms. The minimum Gasteiger partial charge on any atom is -0.468 e.